The van der Waals surface area contributed by atoms with Crippen LogP contribution in [0, 0.1) is 12.7 Å². The van der Waals surface area contributed by atoms with Gasteiger partial charge in [0, 0.05) is 23.0 Å². The van der Waals surface area contributed by atoms with E-state index in [0.717, 1.165) is 11.1 Å². The first kappa shape index (κ1) is 31.2. The van der Waals surface area contributed by atoms with Crippen LogP contribution in [0.3, 0.4) is 0 Å². The number of hydrogen-bond acceptors (Lipinski definition) is 8. The lowest BCUT2D eigenvalue weighted by molar-refractivity contribution is -0.309. The largest absolute Gasteiger partial charge is 0.446 e. The monoisotopic (exact) mass is 602 g/mol. The predicted molar refractivity (Wildman–Crippen MR) is 153 cm³/mol. The van der Waals surface area contributed by atoms with Crippen molar-refractivity contribution in [1.82, 2.24) is 0 Å². The fourth-order valence-corrected chi connectivity index (χ4v) is 4.30. The van der Waals surface area contributed by atoms with Crippen molar-refractivity contribution in [2.24, 2.45) is 0 Å². The molecule has 5 atom stereocenters. The Hall–Kier alpha value is -3.74. The Balaban J connectivity index is 1.48. The van der Waals surface area contributed by atoms with Crippen LogP contribution in [-0.4, -0.2) is 61.2 Å². The maximum Gasteiger partial charge on any atom is 0.412 e. The van der Waals surface area contributed by atoms with E-state index in [1.54, 1.807) is 31.2 Å². The lowest BCUT2D eigenvalue weighted by Gasteiger charge is -2.43. The van der Waals surface area contributed by atoms with Crippen LogP contribution >= 0.6 is 11.6 Å². The second-order valence-corrected chi connectivity index (χ2v) is 9.92. The van der Waals surface area contributed by atoms with Crippen LogP contribution in [0.4, 0.5) is 25.4 Å². The Kier molecular flexibility index (Phi) is 11.1. The smallest absolute Gasteiger partial charge is 0.412 e. The Morgan fingerprint density at radius 3 is 2.17 bits per heavy atom. The number of amides is 2. The first-order valence-corrected chi connectivity index (χ1v) is 13.6. The van der Waals surface area contributed by atoms with Gasteiger partial charge in [-0.1, -0.05) is 41.4 Å². The summed E-state index contributed by atoms with van der Waals surface area (Å²) in [6.45, 7) is 3.65. The van der Waals surface area contributed by atoms with Gasteiger partial charge in [-0.3, -0.25) is 10.6 Å². The Morgan fingerprint density at radius 2 is 1.52 bits per heavy atom. The van der Waals surface area contributed by atoms with E-state index in [1.807, 2.05) is 31.2 Å². The first-order chi connectivity index (χ1) is 20.2. The highest BCUT2D eigenvalue weighted by atomic mass is 35.5. The molecule has 1 saturated heterocycles. The number of aliphatic hydroxyl groups excluding tert-OH is 1. The van der Waals surface area contributed by atoms with Crippen LogP contribution in [0.15, 0.2) is 72.8 Å². The zero-order chi connectivity index (χ0) is 30.1. The minimum absolute atomic E-state index is 0.119. The van der Waals surface area contributed by atoms with Gasteiger partial charge in [-0.25, -0.2) is 14.0 Å². The molecule has 1 heterocycles. The Bertz CT molecular complexity index is 1310. The maximum absolute atomic E-state index is 13.3. The summed E-state index contributed by atoms with van der Waals surface area (Å²) in [4.78, 5) is 25.3. The van der Waals surface area contributed by atoms with Crippen molar-refractivity contribution >= 4 is 35.2 Å². The normalized spacial score (nSPS) is 21.8. The molecular weight excluding hydrogens is 571 g/mol. The summed E-state index contributed by atoms with van der Waals surface area (Å²) in [5, 5.41) is 16.9. The summed E-state index contributed by atoms with van der Waals surface area (Å²) < 4.78 is 41.9. The number of carbonyl (C=O) groups is 2. The molecule has 3 N–H and O–H groups in total. The van der Waals surface area contributed by atoms with Crippen LogP contribution in [-0.2, 0) is 30.3 Å². The molecule has 4 rings (SSSR count). The number of nitrogens with one attached hydrogen (secondary N) is 2. The standard InChI is InChI=1S/C30H32ClFN2O8/c1-3-38-28-27(39-16-19-6-4-18(2)5-7-19)25(35)26(42-30(37)34-23-14-10-21(32)11-15-23)24(41-28)17-40-29(36)33-22-12-8-20(31)9-13-22/h4-15,24-28,35H,3,16-17H2,1-2H3,(H,33,36)(H,34,37)/t24-,25+,26-,27-,28-/m1/s1. The highest BCUT2D eigenvalue weighted by Crippen LogP contribution is 2.28. The summed E-state index contributed by atoms with van der Waals surface area (Å²) in [6, 6.07) is 19.1. The van der Waals surface area contributed by atoms with Crippen molar-refractivity contribution < 1.29 is 42.8 Å². The number of benzene rings is 3. The number of anilines is 2. The lowest BCUT2D eigenvalue weighted by Crippen LogP contribution is -2.61. The topological polar surface area (TPSA) is 125 Å². The van der Waals surface area contributed by atoms with E-state index in [4.69, 9.17) is 35.3 Å². The summed E-state index contributed by atoms with van der Waals surface area (Å²) in [7, 11) is 0. The molecule has 3 aromatic carbocycles. The quantitative estimate of drug-likeness (QED) is 0.271. The van der Waals surface area contributed by atoms with E-state index in [0.29, 0.717) is 10.7 Å². The number of halogens is 2. The third-order valence-electron chi connectivity index (χ3n) is 6.31. The molecule has 2 amide bonds. The van der Waals surface area contributed by atoms with E-state index in [2.05, 4.69) is 10.6 Å². The van der Waals surface area contributed by atoms with Gasteiger partial charge in [0.1, 0.15) is 30.7 Å². The van der Waals surface area contributed by atoms with Gasteiger partial charge in [0.25, 0.3) is 0 Å². The average Bonchev–Trinajstić information content (AvgIpc) is 2.97. The van der Waals surface area contributed by atoms with E-state index in [1.165, 1.54) is 24.3 Å². The zero-order valence-corrected chi connectivity index (χ0v) is 23.8. The van der Waals surface area contributed by atoms with Gasteiger partial charge in [0.2, 0.25) is 0 Å². The van der Waals surface area contributed by atoms with Crippen molar-refractivity contribution in [3.63, 3.8) is 0 Å². The molecule has 42 heavy (non-hydrogen) atoms. The van der Waals surface area contributed by atoms with Crippen molar-refractivity contribution in [3.05, 3.63) is 94.8 Å². The van der Waals surface area contributed by atoms with E-state index < -0.39 is 55.3 Å². The first-order valence-electron chi connectivity index (χ1n) is 13.3. The Morgan fingerprint density at radius 1 is 0.905 bits per heavy atom. The zero-order valence-electron chi connectivity index (χ0n) is 23.0. The molecule has 0 aliphatic carbocycles. The molecule has 0 saturated carbocycles. The van der Waals surface area contributed by atoms with Crippen molar-refractivity contribution in [2.75, 3.05) is 23.8 Å². The highest BCUT2D eigenvalue weighted by molar-refractivity contribution is 6.30. The number of hydrogen-bond donors (Lipinski definition) is 3. The van der Waals surface area contributed by atoms with Crippen LogP contribution in [0.1, 0.15) is 18.1 Å². The van der Waals surface area contributed by atoms with E-state index >= 15 is 0 Å². The molecule has 0 radical (unpaired) electrons. The summed E-state index contributed by atoms with van der Waals surface area (Å²) >= 11 is 5.89. The molecule has 1 aliphatic heterocycles. The fraction of sp³-hybridized carbons (Fsp3) is 0.333. The van der Waals surface area contributed by atoms with Crippen LogP contribution in [0.25, 0.3) is 0 Å². The van der Waals surface area contributed by atoms with Crippen LogP contribution in [0.5, 0.6) is 0 Å². The molecular formula is C30H32ClFN2O8. The van der Waals surface area contributed by atoms with Gasteiger partial charge >= 0.3 is 12.2 Å². The number of carbonyl (C=O) groups excluding carboxylic acids is 2. The van der Waals surface area contributed by atoms with Crippen molar-refractivity contribution in [2.45, 2.75) is 51.2 Å². The summed E-state index contributed by atoms with van der Waals surface area (Å²) in [6.07, 6.45) is -7.79. The lowest BCUT2D eigenvalue weighted by atomic mass is 9.98. The molecule has 0 aromatic heterocycles. The number of aryl methyl sites for hydroxylation is 1. The fourth-order valence-electron chi connectivity index (χ4n) is 4.18. The molecule has 1 fully saturated rings. The second kappa shape index (κ2) is 14.9. The Labute approximate surface area is 247 Å². The molecule has 0 bridgehead atoms. The highest BCUT2D eigenvalue weighted by Gasteiger charge is 2.49. The molecule has 1 aliphatic rings. The van der Waals surface area contributed by atoms with Gasteiger partial charge in [-0.05, 0) is 67.9 Å². The maximum atomic E-state index is 13.3. The minimum Gasteiger partial charge on any atom is -0.446 e. The van der Waals surface area contributed by atoms with E-state index in [-0.39, 0.29) is 18.9 Å². The molecule has 10 nitrogen and oxygen atoms in total. The predicted octanol–water partition coefficient (Wildman–Crippen LogP) is 5.66. The third-order valence-corrected chi connectivity index (χ3v) is 6.57. The van der Waals surface area contributed by atoms with Crippen LogP contribution in [0.2, 0.25) is 5.02 Å². The third kappa shape index (κ3) is 8.88. The van der Waals surface area contributed by atoms with Crippen molar-refractivity contribution in [1.29, 1.82) is 0 Å². The molecule has 0 unspecified atom stereocenters. The second-order valence-electron chi connectivity index (χ2n) is 9.48. The molecule has 0 spiro atoms. The summed E-state index contributed by atoms with van der Waals surface area (Å²) in [5.74, 6) is -0.477. The number of ether oxygens (including phenoxy) is 5. The van der Waals surface area contributed by atoms with E-state index in [9.17, 15) is 19.1 Å². The SMILES string of the molecule is CCO[C@@H]1O[C@H](COC(=O)Nc2ccc(Cl)cc2)[C@@H](OC(=O)Nc2ccc(F)cc2)[C@H](O)[C@H]1OCc1ccc(C)cc1. The van der Waals surface area contributed by atoms with Gasteiger partial charge < -0.3 is 28.8 Å². The average molecular weight is 603 g/mol. The molecule has 12 heteroatoms. The minimum atomic E-state index is -1.44. The van der Waals surface area contributed by atoms with Gasteiger partial charge in [-0.15, -0.1) is 0 Å². The molecule has 224 valence electrons. The molecule has 3 aromatic rings. The van der Waals surface area contributed by atoms with Crippen LogP contribution < -0.4 is 10.6 Å². The van der Waals surface area contributed by atoms with Gasteiger partial charge in [-0.2, -0.15) is 0 Å². The van der Waals surface area contributed by atoms with Crippen molar-refractivity contribution in [3.8, 4) is 0 Å². The van der Waals surface area contributed by atoms with Gasteiger partial charge in [0.15, 0.2) is 12.4 Å². The van der Waals surface area contributed by atoms with Gasteiger partial charge in [0.05, 0.1) is 6.61 Å². The number of rotatable bonds is 10. The summed E-state index contributed by atoms with van der Waals surface area (Å²) in [5.41, 5.74) is 2.63. The number of aliphatic hydroxyl groups is 1.